The number of rotatable bonds is 7. The summed E-state index contributed by atoms with van der Waals surface area (Å²) >= 11 is 1.39. The molecule has 2 N–H and O–H groups in total. The van der Waals surface area contributed by atoms with Gasteiger partial charge in [-0.25, -0.2) is 4.39 Å². The van der Waals surface area contributed by atoms with Crippen LogP contribution in [0.25, 0.3) is 0 Å². The Kier molecular flexibility index (Phi) is 6.69. The lowest BCUT2D eigenvalue weighted by atomic mass is 10.2. The first-order valence-corrected chi connectivity index (χ1v) is 8.40. The second-order valence-electron chi connectivity index (χ2n) is 5.11. The van der Waals surface area contributed by atoms with Crippen molar-refractivity contribution in [3.05, 3.63) is 54.3 Å². The highest BCUT2D eigenvalue weighted by Gasteiger charge is 2.27. The van der Waals surface area contributed by atoms with E-state index in [1.165, 1.54) is 36.0 Å². The normalized spacial score (nSPS) is 11.2. The van der Waals surface area contributed by atoms with E-state index in [0.29, 0.717) is 11.4 Å². The summed E-state index contributed by atoms with van der Waals surface area (Å²) in [5.74, 6) is -0.170. The van der Waals surface area contributed by atoms with E-state index in [2.05, 4.69) is 10.6 Å². The SMILES string of the molecule is O=C(CCSc1ccc(F)cc1)Nc1ccccc1NCC(F)(F)F. The quantitative estimate of drug-likeness (QED) is 0.535. The summed E-state index contributed by atoms with van der Waals surface area (Å²) in [6.07, 6.45) is -4.17. The first-order chi connectivity index (χ1) is 11.8. The number of benzene rings is 2. The standard InChI is InChI=1S/C17H16F4N2OS/c18-12-5-7-13(8-6-12)25-10-9-16(24)23-15-4-2-1-3-14(15)22-11-17(19,20)21/h1-8,22H,9-11H2,(H,23,24). The maximum absolute atomic E-state index is 12.8. The van der Waals surface area contributed by atoms with Crippen molar-refractivity contribution in [3.63, 3.8) is 0 Å². The van der Waals surface area contributed by atoms with E-state index in [0.717, 1.165) is 4.90 Å². The number of anilines is 2. The minimum Gasteiger partial charge on any atom is -0.375 e. The Labute approximate surface area is 146 Å². The molecule has 2 aromatic carbocycles. The molecule has 2 aromatic rings. The van der Waals surface area contributed by atoms with E-state index in [1.807, 2.05) is 0 Å². The number of thioether (sulfide) groups is 1. The topological polar surface area (TPSA) is 41.1 Å². The zero-order valence-electron chi connectivity index (χ0n) is 13.1. The molecule has 0 atom stereocenters. The fourth-order valence-electron chi connectivity index (χ4n) is 1.95. The number of amides is 1. The van der Waals surface area contributed by atoms with Crippen molar-refractivity contribution < 1.29 is 22.4 Å². The molecule has 8 heteroatoms. The molecule has 0 saturated heterocycles. The van der Waals surface area contributed by atoms with Gasteiger partial charge in [0, 0.05) is 17.1 Å². The number of hydrogen-bond donors (Lipinski definition) is 2. The lowest BCUT2D eigenvalue weighted by Gasteiger charge is -2.14. The molecule has 0 bridgehead atoms. The molecule has 0 aliphatic heterocycles. The number of halogens is 4. The zero-order valence-corrected chi connectivity index (χ0v) is 13.9. The highest BCUT2D eigenvalue weighted by molar-refractivity contribution is 7.99. The van der Waals surface area contributed by atoms with Gasteiger partial charge in [-0.1, -0.05) is 12.1 Å². The molecule has 0 spiro atoms. The fraction of sp³-hybridized carbons (Fsp3) is 0.235. The van der Waals surface area contributed by atoms with E-state index in [9.17, 15) is 22.4 Å². The number of nitrogens with one attached hydrogen (secondary N) is 2. The first kappa shape index (κ1) is 19.1. The molecule has 1 amide bonds. The van der Waals surface area contributed by atoms with Gasteiger partial charge >= 0.3 is 6.18 Å². The molecule has 0 aromatic heterocycles. The van der Waals surface area contributed by atoms with Crippen molar-refractivity contribution in [2.75, 3.05) is 22.9 Å². The molecule has 0 aliphatic carbocycles. The predicted octanol–water partition coefficient (Wildman–Crippen LogP) is 4.92. The van der Waals surface area contributed by atoms with E-state index in [4.69, 9.17) is 0 Å². The average Bonchev–Trinajstić information content (AvgIpc) is 2.55. The van der Waals surface area contributed by atoms with E-state index in [-0.39, 0.29) is 23.8 Å². The monoisotopic (exact) mass is 372 g/mol. The number of alkyl halides is 3. The predicted molar refractivity (Wildman–Crippen MR) is 91.4 cm³/mol. The first-order valence-electron chi connectivity index (χ1n) is 7.41. The van der Waals surface area contributed by atoms with Gasteiger partial charge in [0.1, 0.15) is 12.4 Å². The zero-order chi connectivity index (χ0) is 18.3. The third-order valence-corrected chi connectivity index (χ3v) is 4.11. The number of carbonyl (C=O) groups is 1. The molecule has 0 unspecified atom stereocenters. The number of hydrogen-bond acceptors (Lipinski definition) is 3. The van der Waals surface area contributed by atoms with Crippen LogP contribution >= 0.6 is 11.8 Å². The number of para-hydroxylation sites is 2. The van der Waals surface area contributed by atoms with Crippen LogP contribution in [-0.2, 0) is 4.79 Å². The van der Waals surface area contributed by atoms with E-state index >= 15 is 0 Å². The molecule has 25 heavy (non-hydrogen) atoms. The third-order valence-electron chi connectivity index (χ3n) is 3.09. The lowest BCUT2D eigenvalue weighted by molar-refractivity contribution is -0.116. The summed E-state index contributed by atoms with van der Waals surface area (Å²) in [7, 11) is 0. The molecule has 0 fully saturated rings. The molecule has 134 valence electrons. The van der Waals surface area contributed by atoms with Gasteiger partial charge in [-0.05, 0) is 36.4 Å². The fourth-order valence-corrected chi connectivity index (χ4v) is 2.80. The van der Waals surface area contributed by atoms with Crippen LogP contribution in [0.4, 0.5) is 28.9 Å². The van der Waals surface area contributed by atoms with Crippen molar-refractivity contribution in [1.29, 1.82) is 0 Å². The van der Waals surface area contributed by atoms with Crippen LogP contribution in [-0.4, -0.2) is 24.4 Å². The second kappa shape index (κ2) is 8.75. The van der Waals surface area contributed by atoms with Gasteiger partial charge in [0.2, 0.25) is 5.91 Å². The van der Waals surface area contributed by atoms with Gasteiger partial charge in [-0.2, -0.15) is 13.2 Å². The smallest absolute Gasteiger partial charge is 0.375 e. The third kappa shape index (κ3) is 7.04. The Hall–Kier alpha value is -2.22. The van der Waals surface area contributed by atoms with E-state index < -0.39 is 12.7 Å². The molecule has 0 saturated carbocycles. The summed E-state index contributed by atoms with van der Waals surface area (Å²) in [5, 5.41) is 4.87. The second-order valence-corrected chi connectivity index (χ2v) is 6.28. The molecule has 0 radical (unpaired) electrons. The van der Waals surface area contributed by atoms with Gasteiger partial charge in [0.15, 0.2) is 0 Å². The Balaban J connectivity index is 1.84. The number of carbonyl (C=O) groups excluding carboxylic acids is 1. The summed E-state index contributed by atoms with van der Waals surface area (Å²) in [6.45, 7) is -1.18. The van der Waals surface area contributed by atoms with Crippen molar-refractivity contribution in [1.82, 2.24) is 0 Å². The largest absolute Gasteiger partial charge is 0.405 e. The van der Waals surface area contributed by atoms with Crippen molar-refractivity contribution >= 4 is 29.0 Å². The van der Waals surface area contributed by atoms with Crippen LogP contribution in [0.3, 0.4) is 0 Å². The van der Waals surface area contributed by atoms with Gasteiger partial charge in [0.05, 0.1) is 11.4 Å². The summed E-state index contributed by atoms with van der Waals surface area (Å²) < 4.78 is 49.7. The van der Waals surface area contributed by atoms with Gasteiger partial charge in [0.25, 0.3) is 0 Å². The Morgan fingerprint density at radius 3 is 2.28 bits per heavy atom. The molecule has 2 rings (SSSR count). The Morgan fingerprint density at radius 1 is 1.00 bits per heavy atom. The van der Waals surface area contributed by atoms with Crippen LogP contribution in [0.15, 0.2) is 53.4 Å². The van der Waals surface area contributed by atoms with Crippen LogP contribution in [0.5, 0.6) is 0 Å². The Morgan fingerprint density at radius 2 is 1.64 bits per heavy atom. The molecule has 0 aliphatic rings. The molecule has 0 heterocycles. The van der Waals surface area contributed by atoms with Gasteiger partial charge in [-0.3, -0.25) is 4.79 Å². The lowest BCUT2D eigenvalue weighted by Crippen LogP contribution is -2.22. The van der Waals surface area contributed by atoms with E-state index in [1.54, 1.807) is 24.3 Å². The maximum atomic E-state index is 12.8. The summed E-state index contributed by atoms with van der Waals surface area (Å²) in [5.41, 5.74) is 0.503. The minimum atomic E-state index is -4.34. The van der Waals surface area contributed by atoms with Crippen molar-refractivity contribution in [3.8, 4) is 0 Å². The average molecular weight is 372 g/mol. The molecule has 3 nitrogen and oxygen atoms in total. The highest BCUT2D eigenvalue weighted by atomic mass is 32.2. The van der Waals surface area contributed by atoms with Crippen molar-refractivity contribution in [2.45, 2.75) is 17.5 Å². The maximum Gasteiger partial charge on any atom is 0.405 e. The Bertz CT molecular complexity index is 705. The summed E-state index contributed by atoms with van der Waals surface area (Å²) in [6, 6.07) is 12.1. The van der Waals surface area contributed by atoms with Crippen LogP contribution in [0, 0.1) is 5.82 Å². The van der Waals surface area contributed by atoms with Crippen LogP contribution in [0.2, 0.25) is 0 Å². The van der Waals surface area contributed by atoms with Gasteiger partial charge < -0.3 is 10.6 Å². The minimum absolute atomic E-state index is 0.176. The van der Waals surface area contributed by atoms with Crippen molar-refractivity contribution in [2.24, 2.45) is 0 Å². The van der Waals surface area contributed by atoms with Crippen LogP contribution in [0.1, 0.15) is 6.42 Å². The van der Waals surface area contributed by atoms with Gasteiger partial charge in [-0.15, -0.1) is 11.8 Å². The van der Waals surface area contributed by atoms with Crippen LogP contribution < -0.4 is 10.6 Å². The highest BCUT2D eigenvalue weighted by Crippen LogP contribution is 2.24. The summed E-state index contributed by atoms with van der Waals surface area (Å²) in [4.78, 5) is 12.8. The molecular weight excluding hydrogens is 356 g/mol. The molecular formula is C17H16F4N2OS.